The molecule has 184 valence electrons. The fourth-order valence-electron chi connectivity index (χ4n) is 3.52. The Morgan fingerprint density at radius 1 is 1.08 bits per heavy atom. The van der Waals surface area contributed by atoms with Gasteiger partial charge >= 0.3 is 5.97 Å². The molecule has 0 radical (unpaired) electrons. The van der Waals surface area contributed by atoms with E-state index in [2.05, 4.69) is 36.9 Å². The van der Waals surface area contributed by atoms with Crippen molar-refractivity contribution < 1.29 is 23.9 Å². The maximum atomic E-state index is 12.5. The summed E-state index contributed by atoms with van der Waals surface area (Å²) in [6, 6.07) is 15.8. The molecule has 0 unspecified atom stereocenters. The largest absolute Gasteiger partial charge is 0.490 e. The van der Waals surface area contributed by atoms with Gasteiger partial charge in [-0.25, -0.2) is 9.79 Å². The lowest BCUT2D eigenvalue weighted by atomic mass is 10.1. The van der Waals surface area contributed by atoms with Crippen LogP contribution < -0.4 is 9.47 Å². The number of hydrogen-bond acceptors (Lipinski definition) is 7. The van der Waals surface area contributed by atoms with Crippen LogP contribution in [0.5, 0.6) is 11.5 Å². The van der Waals surface area contributed by atoms with Crippen molar-refractivity contribution in [1.29, 1.82) is 0 Å². The minimum atomic E-state index is -0.621. The van der Waals surface area contributed by atoms with Gasteiger partial charge in [0, 0.05) is 27.2 Å². The van der Waals surface area contributed by atoms with Crippen molar-refractivity contribution in [2.75, 3.05) is 6.61 Å². The second-order valence-electron chi connectivity index (χ2n) is 7.74. The molecule has 10 heteroatoms. The first-order valence-electron chi connectivity index (χ1n) is 10.9. The number of esters is 1. The van der Waals surface area contributed by atoms with Gasteiger partial charge in [0.25, 0.3) is 5.69 Å². The van der Waals surface area contributed by atoms with Crippen molar-refractivity contribution in [2.45, 2.75) is 20.5 Å². The molecule has 0 saturated heterocycles. The lowest BCUT2D eigenvalue weighted by Gasteiger charge is -2.15. The molecule has 0 N–H and O–H groups in total. The SMILES string of the molecule is CCOc1cc(/C=C2\N=C(c3ccc([N+](=O)[O-])c(C)c3)OC2=O)cc(Br)c1OCc1ccccc1Br. The van der Waals surface area contributed by atoms with Gasteiger partial charge in [-0.15, -0.1) is 0 Å². The third-order valence-electron chi connectivity index (χ3n) is 5.23. The summed E-state index contributed by atoms with van der Waals surface area (Å²) < 4.78 is 18.8. The van der Waals surface area contributed by atoms with E-state index in [1.165, 1.54) is 12.1 Å². The van der Waals surface area contributed by atoms with E-state index in [1.807, 2.05) is 31.2 Å². The van der Waals surface area contributed by atoms with Crippen molar-refractivity contribution >= 4 is 55.5 Å². The monoisotopic (exact) mass is 614 g/mol. The molecule has 3 aromatic rings. The first-order valence-corrected chi connectivity index (χ1v) is 12.5. The fourth-order valence-corrected chi connectivity index (χ4v) is 4.50. The second kappa shape index (κ2) is 11.0. The average molecular weight is 616 g/mol. The summed E-state index contributed by atoms with van der Waals surface area (Å²) in [5.41, 5.74) is 2.62. The number of carbonyl (C=O) groups excluding carboxylic acids is 1. The average Bonchev–Trinajstić information content (AvgIpc) is 3.19. The van der Waals surface area contributed by atoms with Gasteiger partial charge in [0.1, 0.15) is 6.61 Å². The van der Waals surface area contributed by atoms with Crippen LogP contribution in [0.3, 0.4) is 0 Å². The van der Waals surface area contributed by atoms with E-state index in [0.717, 1.165) is 10.0 Å². The number of carbonyl (C=O) groups is 1. The molecule has 3 aromatic carbocycles. The van der Waals surface area contributed by atoms with E-state index < -0.39 is 10.9 Å². The number of halogens is 2. The molecule has 0 amide bonds. The molecule has 36 heavy (non-hydrogen) atoms. The van der Waals surface area contributed by atoms with Crippen LogP contribution in [0.25, 0.3) is 6.08 Å². The number of rotatable bonds is 8. The highest BCUT2D eigenvalue weighted by Crippen LogP contribution is 2.38. The molecule has 4 rings (SSSR count). The van der Waals surface area contributed by atoms with E-state index in [9.17, 15) is 14.9 Å². The van der Waals surface area contributed by atoms with Crippen molar-refractivity contribution in [1.82, 2.24) is 0 Å². The standard InChI is InChI=1S/C26H20Br2N2O6/c1-3-34-23-13-16(11-20(28)24(23)35-14-18-6-4-5-7-19(18)27)12-21-26(31)36-25(29-21)17-8-9-22(30(32)33)15(2)10-17/h4-13H,3,14H2,1-2H3/b21-12-. The Hall–Kier alpha value is -3.50. The Bertz CT molecular complexity index is 1420. The summed E-state index contributed by atoms with van der Waals surface area (Å²) in [4.78, 5) is 27.4. The van der Waals surface area contributed by atoms with Crippen LogP contribution in [-0.4, -0.2) is 23.4 Å². The zero-order valence-electron chi connectivity index (χ0n) is 19.3. The summed E-state index contributed by atoms with van der Waals surface area (Å²) in [7, 11) is 0. The molecule has 0 aromatic heterocycles. The predicted molar refractivity (Wildman–Crippen MR) is 142 cm³/mol. The Morgan fingerprint density at radius 3 is 2.56 bits per heavy atom. The highest BCUT2D eigenvalue weighted by Gasteiger charge is 2.26. The molecular weight excluding hydrogens is 596 g/mol. The maximum Gasteiger partial charge on any atom is 0.363 e. The number of cyclic esters (lactones) is 1. The van der Waals surface area contributed by atoms with Crippen molar-refractivity contribution in [3.63, 3.8) is 0 Å². The second-order valence-corrected chi connectivity index (χ2v) is 9.45. The van der Waals surface area contributed by atoms with E-state index >= 15 is 0 Å². The molecule has 0 saturated carbocycles. The summed E-state index contributed by atoms with van der Waals surface area (Å²) in [5.74, 6) is 0.507. The number of nitro benzene ring substituents is 1. The summed E-state index contributed by atoms with van der Waals surface area (Å²) in [6.45, 7) is 4.23. The Balaban J connectivity index is 1.62. The lowest BCUT2D eigenvalue weighted by molar-refractivity contribution is -0.385. The molecule has 8 nitrogen and oxygen atoms in total. The van der Waals surface area contributed by atoms with Crippen LogP contribution in [0, 0.1) is 17.0 Å². The molecule has 1 aliphatic rings. The smallest absolute Gasteiger partial charge is 0.363 e. The fraction of sp³-hybridized carbons (Fsp3) is 0.154. The molecule has 0 aliphatic carbocycles. The topological polar surface area (TPSA) is 100 Å². The van der Waals surface area contributed by atoms with Crippen LogP contribution in [0.4, 0.5) is 5.69 Å². The highest BCUT2D eigenvalue weighted by molar-refractivity contribution is 9.10. The Morgan fingerprint density at radius 2 is 1.86 bits per heavy atom. The van der Waals surface area contributed by atoms with Gasteiger partial charge < -0.3 is 14.2 Å². The van der Waals surface area contributed by atoms with E-state index in [-0.39, 0.29) is 17.3 Å². The van der Waals surface area contributed by atoms with Crippen molar-refractivity contribution in [3.05, 3.63) is 102 Å². The number of hydrogen-bond donors (Lipinski definition) is 0. The minimum absolute atomic E-state index is 0.0188. The van der Waals surface area contributed by atoms with E-state index in [1.54, 1.807) is 31.2 Å². The van der Waals surface area contributed by atoms with Gasteiger partial charge in [-0.05, 0) is 71.7 Å². The summed E-state index contributed by atoms with van der Waals surface area (Å²) >= 11 is 7.07. The lowest BCUT2D eigenvalue weighted by Crippen LogP contribution is -2.06. The van der Waals surface area contributed by atoms with Crippen LogP contribution in [0.15, 0.2) is 74.2 Å². The first-order chi connectivity index (χ1) is 17.3. The van der Waals surface area contributed by atoms with Crippen molar-refractivity contribution in [3.8, 4) is 11.5 Å². The maximum absolute atomic E-state index is 12.5. The third kappa shape index (κ3) is 5.66. The summed E-state index contributed by atoms with van der Waals surface area (Å²) in [5, 5.41) is 11.1. The number of benzene rings is 3. The predicted octanol–water partition coefficient (Wildman–Crippen LogP) is 6.75. The van der Waals surface area contributed by atoms with Gasteiger partial charge in [0.2, 0.25) is 5.90 Å². The Labute approximate surface area is 224 Å². The van der Waals surface area contributed by atoms with Crippen LogP contribution >= 0.6 is 31.9 Å². The number of aliphatic imine (C=N–C) groups is 1. The van der Waals surface area contributed by atoms with Gasteiger partial charge in [-0.2, -0.15) is 0 Å². The molecule has 1 aliphatic heterocycles. The van der Waals surface area contributed by atoms with Gasteiger partial charge in [-0.3, -0.25) is 10.1 Å². The molecular formula is C26H20Br2N2O6. The minimum Gasteiger partial charge on any atom is -0.490 e. The zero-order valence-corrected chi connectivity index (χ0v) is 22.5. The van der Waals surface area contributed by atoms with Crippen LogP contribution in [0.2, 0.25) is 0 Å². The van der Waals surface area contributed by atoms with E-state index in [4.69, 9.17) is 14.2 Å². The van der Waals surface area contributed by atoms with Crippen molar-refractivity contribution in [2.24, 2.45) is 4.99 Å². The third-order valence-corrected chi connectivity index (χ3v) is 6.59. The normalized spacial score (nSPS) is 13.9. The molecule has 0 spiro atoms. The van der Waals surface area contributed by atoms with Gasteiger partial charge in [0.05, 0.1) is 16.0 Å². The van der Waals surface area contributed by atoms with Crippen LogP contribution in [0.1, 0.15) is 29.2 Å². The highest BCUT2D eigenvalue weighted by atomic mass is 79.9. The van der Waals surface area contributed by atoms with Crippen LogP contribution in [-0.2, 0) is 16.1 Å². The number of nitrogens with zero attached hydrogens (tertiary/aromatic N) is 2. The Kier molecular flexibility index (Phi) is 7.85. The number of aryl methyl sites for hydroxylation is 1. The molecule has 1 heterocycles. The number of ether oxygens (including phenoxy) is 3. The molecule has 0 fully saturated rings. The van der Waals surface area contributed by atoms with Gasteiger partial charge in [-0.1, -0.05) is 34.1 Å². The first kappa shape index (κ1) is 25.6. The number of nitro groups is 1. The van der Waals surface area contributed by atoms with E-state index in [0.29, 0.717) is 45.9 Å². The zero-order chi connectivity index (χ0) is 25.8. The quantitative estimate of drug-likeness (QED) is 0.120. The van der Waals surface area contributed by atoms with Gasteiger partial charge in [0.15, 0.2) is 17.2 Å². The summed E-state index contributed by atoms with van der Waals surface area (Å²) in [6.07, 6.45) is 1.58. The molecule has 0 bridgehead atoms. The molecule has 0 atom stereocenters.